The van der Waals surface area contributed by atoms with Crippen LogP contribution in [0, 0.1) is 0 Å². The number of benzene rings is 1. The number of carbonyl (C=O) groups is 2. The number of aryl methyl sites for hydroxylation is 2. The molecule has 2 aromatic heterocycles. The van der Waals surface area contributed by atoms with Gasteiger partial charge in [0, 0.05) is 11.9 Å². The fourth-order valence-electron chi connectivity index (χ4n) is 3.77. The zero-order chi connectivity index (χ0) is 21.5. The van der Waals surface area contributed by atoms with E-state index in [1.165, 1.54) is 9.44 Å². The zero-order valence-corrected chi connectivity index (χ0v) is 18.3. The molecule has 0 radical (unpaired) electrons. The molecule has 0 bridgehead atoms. The first-order valence-electron chi connectivity index (χ1n) is 9.87. The predicted molar refractivity (Wildman–Crippen MR) is 117 cm³/mol. The third-order valence-electron chi connectivity index (χ3n) is 5.30. The summed E-state index contributed by atoms with van der Waals surface area (Å²) in [7, 11) is 1.66. The molecule has 1 aliphatic carbocycles. The quantitative estimate of drug-likeness (QED) is 0.473. The first-order valence-corrected chi connectivity index (χ1v) is 11.7. The Bertz CT molecular complexity index is 1270. The van der Waals surface area contributed by atoms with Crippen LogP contribution in [0.1, 0.15) is 16.9 Å². The highest BCUT2D eigenvalue weighted by Gasteiger charge is 2.28. The van der Waals surface area contributed by atoms with E-state index in [4.69, 9.17) is 9.47 Å². The number of para-hydroxylation sites is 2. The fourth-order valence-corrected chi connectivity index (χ4v) is 5.84. The molecule has 31 heavy (non-hydrogen) atoms. The van der Waals surface area contributed by atoms with Gasteiger partial charge < -0.3 is 9.47 Å². The number of imide groups is 1. The van der Waals surface area contributed by atoms with Crippen molar-refractivity contribution >= 4 is 45.1 Å². The normalized spacial score (nSPS) is 16.9. The highest BCUT2D eigenvalue weighted by Crippen LogP contribution is 2.35. The molecule has 0 unspecified atom stereocenters. The molecule has 8 nitrogen and oxygen atoms in total. The van der Waals surface area contributed by atoms with Gasteiger partial charge in [0.25, 0.3) is 11.5 Å². The second kappa shape index (κ2) is 8.01. The summed E-state index contributed by atoms with van der Waals surface area (Å²) >= 11 is 2.68. The Balaban J connectivity index is 1.24. The minimum absolute atomic E-state index is 0.0268. The molecular weight excluding hydrogens is 438 g/mol. The van der Waals surface area contributed by atoms with Crippen molar-refractivity contribution in [1.29, 1.82) is 0 Å². The first-order chi connectivity index (χ1) is 15.0. The number of nitrogens with one attached hydrogen (secondary N) is 1. The summed E-state index contributed by atoms with van der Waals surface area (Å²) in [5.74, 6) is -0.0683. The van der Waals surface area contributed by atoms with Gasteiger partial charge in [0.2, 0.25) is 12.0 Å². The van der Waals surface area contributed by atoms with Gasteiger partial charge in [-0.2, -0.15) is 0 Å². The monoisotopic (exact) mass is 457 g/mol. The number of hydrogen-bond acceptors (Lipinski definition) is 8. The van der Waals surface area contributed by atoms with Gasteiger partial charge in [-0.05, 0) is 37.0 Å². The Morgan fingerprint density at radius 2 is 2.10 bits per heavy atom. The van der Waals surface area contributed by atoms with Gasteiger partial charge in [0.15, 0.2) is 16.7 Å². The molecule has 3 heterocycles. The van der Waals surface area contributed by atoms with Crippen LogP contribution < -0.4 is 20.3 Å². The lowest BCUT2D eigenvalue weighted by Gasteiger charge is -2.25. The first kappa shape index (κ1) is 20.1. The molecule has 1 aromatic carbocycles. The van der Waals surface area contributed by atoms with Crippen molar-refractivity contribution in [2.45, 2.75) is 30.5 Å². The average Bonchev–Trinajstić information content (AvgIpc) is 3.35. The lowest BCUT2D eigenvalue weighted by molar-refractivity contribution is -0.135. The van der Waals surface area contributed by atoms with Gasteiger partial charge in [-0.15, -0.1) is 11.3 Å². The molecule has 5 rings (SSSR count). The number of ether oxygens (including phenoxy) is 2. The molecule has 2 aliphatic rings. The largest absolute Gasteiger partial charge is 0.485 e. The molecule has 2 amide bonds. The molecule has 0 spiro atoms. The minimum Gasteiger partial charge on any atom is -0.485 e. The second-order valence-electron chi connectivity index (χ2n) is 7.36. The van der Waals surface area contributed by atoms with E-state index in [1.807, 2.05) is 6.07 Å². The highest BCUT2D eigenvalue weighted by atomic mass is 32.2. The van der Waals surface area contributed by atoms with Crippen LogP contribution in [-0.4, -0.2) is 39.8 Å². The lowest BCUT2D eigenvalue weighted by atomic mass is 10.2. The van der Waals surface area contributed by atoms with Crippen LogP contribution in [0.5, 0.6) is 11.5 Å². The highest BCUT2D eigenvalue weighted by molar-refractivity contribution is 7.99. The van der Waals surface area contributed by atoms with Crippen LogP contribution in [-0.2, 0) is 29.5 Å². The Morgan fingerprint density at radius 1 is 1.29 bits per heavy atom. The zero-order valence-electron chi connectivity index (χ0n) is 16.7. The summed E-state index contributed by atoms with van der Waals surface area (Å²) in [5, 5.41) is 3.49. The Kier molecular flexibility index (Phi) is 5.19. The lowest BCUT2D eigenvalue weighted by Crippen LogP contribution is -2.46. The van der Waals surface area contributed by atoms with Crippen LogP contribution >= 0.6 is 23.1 Å². The SMILES string of the molecule is Cn1c(SCC(=O)NC(=O)[C@@H]2COc3ccccc3O2)nc2sc3c(c2c1=O)CCC3. The number of carbonyl (C=O) groups excluding carboxylic acids is 2. The summed E-state index contributed by atoms with van der Waals surface area (Å²) in [6.45, 7) is 0.0268. The molecule has 1 atom stereocenters. The maximum Gasteiger partial charge on any atom is 0.271 e. The average molecular weight is 458 g/mol. The molecule has 3 aromatic rings. The van der Waals surface area contributed by atoms with Gasteiger partial charge in [-0.3, -0.25) is 24.3 Å². The number of nitrogens with zero attached hydrogens (tertiary/aromatic N) is 2. The molecule has 0 saturated heterocycles. The number of amides is 2. The maximum atomic E-state index is 12.8. The van der Waals surface area contributed by atoms with Gasteiger partial charge in [0.1, 0.15) is 11.4 Å². The van der Waals surface area contributed by atoms with E-state index in [9.17, 15) is 14.4 Å². The number of thioether (sulfide) groups is 1. The number of aromatic nitrogens is 2. The van der Waals surface area contributed by atoms with Gasteiger partial charge in [-0.1, -0.05) is 23.9 Å². The third kappa shape index (κ3) is 3.70. The molecule has 10 heteroatoms. The Labute approximate surface area is 185 Å². The number of fused-ring (bicyclic) bond motifs is 4. The van der Waals surface area contributed by atoms with Crippen LogP contribution in [0.15, 0.2) is 34.2 Å². The van der Waals surface area contributed by atoms with Crippen molar-refractivity contribution in [2.24, 2.45) is 7.05 Å². The Hall–Kier alpha value is -2.85. The van der Waals surface area contributed by atoms with Gasteiger partial charge in [0.05, 0.1) is 11.1 Å². The van der Waals surface area contributed by atoms with Crippen molar-refractivity contribution in [1.82, 2.24) is 14.9 Å². The predicted octanol–water partition coefficient (Wildman–Crippen LogP) is 2.06. The van der Waals surface area contributed by atoms with Crippen LogP contribution in [0.2, 0.25) is 0 Å². The Morgan fingerprint density at radius 3 is 2.94 bits per heavy atom. The van der Waals surface area contributed by atoms with E-state index >= 15 is 0 Å². The van der Waals surface area contributed by atoms with Crippen molar-refractivity contribution in [3.8, 4) is 11.5 Å². The van der Waals surface area contributed by atoms with Crippen molar-refractivity contribution in [3.63, 3.8) is 0 Å². The number of rotatable bonds is 4. The van der Waals surface area contributed by atoms with Gasteiger partial charge >= 0.3 is 0 Å². The summed E-state index contributed by atoms with van der Waals surface area (Å²) in [5.41, 5.74) is 1.04. The number of hydrogen-bond donors (Lipinski definition) is 1. The van der Waals surface area contributed by atoms with Crippen LogP contribution in [0.25, 0.3) is 10.2 Å². The summed E-state index contributed by atoms with van der Waals surface area (Å²) in [4.78, 5) is 44.1. The summed E-state index contributed by atoms with van der Waals surface area (Å²) in [6, 6.07) is 7.05. The van der Waals surface area contributed by atoms with Crippen LogP contribution in [0.3, 0.4) is 0 Å². The standard InChI is InChI=1S/C21H19N3O5S2/c1-24-20(27)17-11-5-4-8-15(11)31-19(17)23-21(24)30-10-16(25)22-18(26)14-9-28-12-6-2-3-7-13(12)29-14/h2-3,6-7,14H,4-5,8-10H2,1H3,(H,22,25,26)/t14-/m0/s1. The van der Waals surface area contributed by atoms with Gasteiger partial charge in [-0.25, -0.2) is 4.98 Å². The topological polar surface area (TPSA) is 99.5 Å². The van der Waals surface area contributed by atoms with Crippen LogP contribution in [0.4, 0.5) is 0 Å². The van der Waals surface area contributed by atoms with E-state index in [-0.39, 0.29) is 17.9 Å². The molecule has 0 fully saturated rings. The molecular formula is C21H19N3O5S2. The van der Waals surface area contributed by atoms with E-state index in [0.29, 0.717) is 22.0 Å². The third-order valence-corrected chi connectivity index (χ3v) is 7.52. The number of thiophene rings is 1. The fraction of sp³-hybridized carbons (Fsp3) is 0.333. The van der Waals surface area contributed by atoms with Crippen molar-refractivity contribution in [2.75, 3.05) is 12.4 Å². The maximum absolute atomic E-state index is 12.8. The van der Waals surface area contributed by atoms with E-state index in [2.05, 4.69) is 10.3 Å². The smallest absolute Gasteiger partial charge is 0.271 e. The van der Waals surface area contributed by atoms with Crippen molar-refractivity contribution < 1.29 is 19.1 Å². The van der Waals surface area contributed by atoms with Crippen molar-refractivity contribution in [3.05, 3.63) is 45.1 Å². The molecule has 160 valence electrons. The second-order valence-corrected chi connectivity index (χ2v) is 9.39. The minimum atomic E-state index is -0.906. The van der Waals surface area contributed by atoms with E-state index in [0.717, 1.165) is 41.4 Å². The van der Waals surface area contributed by atoms with E-state index < -0.39 is 17.9 Å². The molecule has 1 N–H and O–H groups in total. The molecule has 1 aliphatic heterocycles. The summed E-state index contributed by atoms with van der Waals surface area (Å²) in [6.07, 6.45) is 2.08. The van der Waals surface area contributed by atoms with E-state index in [1.54, 1.807) is 36.6 Å². The summed E-state index contributed by atoms with van der Waals surface area (Å²) < 4.78 is 12.6. The molecule has 0 saturated carbocycles.